The molecule has 1 aromatic carbocycles. The predicted molar refractivity (Wildman–Crippen MR) is 100 cm³/mol. The minimum Gasteiger partial charge on any atom is -0.490 e. The standard InChI is InChI=1S/C19H28N4O2/c1-13(23(2)3)12-25-17-6-4-5-14-11-20-19(22-18(14)17)21-15-7-9-16(24)10-8-15/h4-6,11,13,15-16,24H,7-10,12H2,1-3H3,(H,20,21,22)/t13?,15-,16-. The third-order valence-corrected chi connectivity index (χ3v) is 4.97. The van der Waals surface area contributed by atoms with Crippen LogP contribution in [0.1, 0.15) is 32.6 Å². The minimum atomic E-state index is -0.158. The van der Waals surface area contributed by atoms with Gasteiger partial charge in [-0.05, 0) is 52.8 Å². The molecule has 1 aliphatic rings. The summed E-state index contributed by atoms with van der Waals surface area (Å²) in [6.45, 7) is 2.74. The molecule has 0 aliphatic heterocycles. The van der Waals surface area contributed by atoms with E-state index in [4.69, 9.17) is 4.74 Å². The number of aliphatic hydroxyl groups excluding tert-OH is 1. The second-order valence-corrected chi connectivity index (χ2v) is 7.16. The van der Waals surface area contributed by atoms with Crippen molar-refractivity contribution in [2.24, 2.45) is 0 Å². The zero-order chi connectivity index (χ0) is 17.8. The zero-order valence-electron chi connectivity index (χ0n) is 15.3. The van der Waals surface area contributed by atoms with E-state index >= 15 is 0 Å². The number of nitrogens with one attached hydrogen (secondary N) is 1. The first kappa shape index (κ1) is 17.9. The van der Waals surface area contributed by atoms with Gasteiger partial charge in [0.2, 0.25) is 5.95 Å². The van der Waals surface area contributed by atoms with E-state index < -0.39 is 0 Å². The molecule has 1 atom stereocenters. The highest BCUT2D eigenvalue weighted by Gasteiger charge is 2.20. The highest BCUT2D eigenvalue weighted by Crippen LogP contribution is 2.26. The van der Waals surface area contributed by atoms with Crippen molar-refractivity contribution >= 4 is 16.9 Å². The number of para-hydroxylation sites is 1. The second-order valence-electron chi connectivity index (χ2n) is 7.16. The lowest BCUT2D eigenvalue weighted by Gasteiger charge is -2.26. The van der Waals surface area contributed by atoms with Crippen LogP contribution in [0.3, 0.4) is 0 Å². The number of rotatable bonds is 6. The van der Waals surface area contributed by atoms with E-state index in [0.717, 1.165) is 42.3 Å². The lowest BCUT2D eigenvalue weighted by molar-refractivity contribution is 0.126. The van der Waals surface area contributed by atoms with Gasteiger partial charge in [-0.1, -0.05) is 12.1 Å². The molecule has 25 heavy (non-hydrogen) atoms. The molecule has 1 saturated carbocycles. The topological polar surface area (TPSA) is 70.5 Å². The van der Waals surface area contributed by atoms with Crippen LogP contribution in [0.5, 0.6) is 5.75 Å². The fourth-order valence-electron chi connectivity index (χ4n) is 2.98. The summed E-state index contributed by atoms with van der Waals surface area (Å²) in [5.74, 6) is 1.42. The lowest BCUT2D eigenvalue weighted by atomic mass is 9.93. The van der Waals surface area contributed by atoms with Crippen LogP contribution in [0.25, 0.3) is 10.9 Å². The predicted octanol–water partition coefficient (Wildman–Crippen LogP) is 2.67. The molecule has 1 unspecified atom stereocenters. The molecular weight excluding hydrogens is 316 g/mol. The van der Waals surface area contributed by atoms with Crippen molar-refractivity contribution < 1.29 is 9.84 Å². The number of likely N-dealkylation sites (N-methyl/N-ethyl adjacent to an activating group) is 1. The molecule has 0 spiro atoms. The van der Waals surface area contributed by atoms with E-state index in [1.165, 1.54) is 0 Å². The van der Waals surface area contributed by atoms with E-state index in [9.17, 15) is 5.11 Å². The van der Waals surface area contributed by atoms with Crippen LogP contribution in [0.15, 0.2) is 24.4 Å². The third kappa shape index (κ3) is 4.58. The molecule has 0 amide bonds. The van der Waals surface area contributed by atoms with E-state index in [-0.39, 0.29) is 6.10 Å². The fourth-order valence-corrected chi connectivity index (χ4v) is 2.98. The maximum absolute atomic E-state index is 9.63. The molecular formula is C19H28N4O2. The molecule has 6 nitrogen and oxygen atoms in total. The molecule has 1 heterocycles. The number of ether oxygens (including phenoxy) is 1. The Morgan fingerprint density at radius 2 is 2.04 bits per heavy atom. The van der Waals surface area contributed by atoms with Gasteiger partial charge in [-0.15, -0.1) is 0 Å². The smallest absolute Gasteiger partial charge is 0.223 e. The summed E-state index contributed by atoms with van der Waals surface area (Å²) >= 11 is 0. The molecule has 6 heteroatoms. The van der Waals surface area contributed by atoms with Crippen molar-refractivity contribution in [3.8, 4) is 5.75 Å². The number of fused-ring (bicyclic) bond motifs is 1. The number of hydrogen-bond acceptors (Lipinski definition) is 6. The Hall–Kier alpha value is -1.92. The third-order valence-electron chi connectivity index (χ3n) is 4.97. The SMILES string of the molecule is CC(COc1cccc2cnc(N[C@H]3CC[C@H](O)CC3)nc12)N(C)C. The average Bonchev–Trinajstić information content (AvgIpc) is 2.61. The molecule has 0 saturated heterocycles. The normalized spacial score (nSPS) is 22.1. The number of aromatic nitrogens is 2. The Kier molecular flexibility index (Phi) is 5.71. The summed E-state index contributed by atoms with van der Waals surface area (Å²) < 4.78 is 6.01. The van der Waals surface area contributed by atoms with Gasteiger partial charge in [0.1, 0.15) is 17.9 Å². The molecule has 2 N–H and O–H groups in total. The van der Waals surface area contributed by atoms with Gasteiger partial charge in [0.05, 0.1) is 6.10 Å². The quantitative estimate of drug-likeness (QED) is 0.839. The summed E-state index contributed by atoms with van der Waals surface area (Å²) in [6, 6.07) is 6.57. The van der Waals surface area contributed by atoms with Gasteiger partial charge in [-0.25, -0.2) is 9.97 Å². The molecule has 0 radical (unpaired) electrons. The monoisotopic (exact) mass is 344 g/mol. The minimum absolute atomic E-state index is 0.158. The highest BCUT2D eigenvalue weighted by molar-refractivity contribution is 5.84. The van der Waals surface area contributed by atoms with Crippen LogP contribution in [0.2, 0.25) is 0 Å². The number of aliphatic hydroxyl groups is 1. The largest absolute Gasteiger partial charge is 0.490 e. The van der Waals surface area contributed by atoms with E-state index in [0.29, 0.717) is 24.6 Å². The van der Waals surface area contributed by atoms with E-state index in [2.05, 4.69) is 27.1 Å². The maximum Gasteiger partial charge on any atom is 0.223 e. The lowest BCUT2D eigenvalue weighted by Crippen LogP contribution is -2.30. The number of hydrogen-bond donors (Lipinski definition) is 2. The van der Waals surface area contributed by atoms with Gasteiger partial charge in [0.15, 0.2) is 0 Å². The highest BCUT2D eigenvalue weighted by atomic mass is 16.5. The van der Waals surface area contributed by atoms with Crippen LogP contribution in [-0.4, -0.2) is 58.9 Å². The van der Waals surface area contributed by atoms with Crippen LogP contribution < -0.4 is 10.1 Å². The number of nitrogens with zero attached hydrogens (tertiary/aromatic N) is 3. The van der Waals surface area contributed by atoms with Crippen LogP contribution in [0, 0.1) is 0 Å². The Bertz CT molecular complexity index is 699. The Morgan fingerprint density at radius 1 is 1.28 bits per heavy atom. The molecule has 1 aliphatic carbocycles. The molecule has 0 bridgehead atoms. The van der Waals surface area contributed by atoms with Crippen molar-refractivity contribution in [3.05, 3.63) is 24.4 Å². The number of anilines is 1. The molecule has 136 valence electrons. The van der Waals surface area contributed by atoms with E-state index in [1.807, 2.05) is 38.5 Å². The zero-order valence-corrected chi connectivity index (χ0v) is 15.3. The van der Waals surface area contributed by atoms with Gasteiger partial charge < -0.3 is 20.1 Å². The molecule has 3 rings (SSSR count). The van der Waals surface area contributed by atoms with Crippen LogP contribution in [-0.2, 0) is 0 Å². The number of benzene rings is 1. The first-order valence-electron chi connectivity index (χ1n) is 9.02. The van der Waals surface area contributed by atoms with Crippen molar-refractivity contribution in [3.63, 3.8) is 0 Å². The van der Waals surface area contributed by atoms with Gasteiger partial charge in [0.25, 0.3) is 0 Å². The summed E-state index contributed by atoms with van der Waals surface area (Å²) in [7, 11) is 4.09. The summed E-state index contributed by atoms with van der Waals surface area (Å²) in [6.07, 6.45) is 5.24. The second kappa shape index (κ2) is 7.97. The maximum atomic E-state index is 9.63. The van der Waals surface area contributed by atoms with Crippen molar-refractivity contribution in [2.45, 2.75) is 50.8 Å². The van der Waals surface area contributed by atoms with Gasteiger partial charge >= 0.3 is 0 Å². The first-order valence-corrected chi connectivity index (χ1v) is 9.02. The first-order chi connectivity index (χ1) is 12.0. The van der Waals surface area contributed by atoms with E-state index in [1.54, 1.807) is 0 Å². The summed E-state index contributed by atoms with van der Waals surface area (Å²) in [5.41, 5.74) is 0.835. The van der Waals surface area contributed by atoms with Crippen molar-refractivity contribution in [2.75, 3.05) is 26.0 Å². The van der Waals surface area contributed by atoms with Gasteiger partial charge in [0, 0.05) is 23.7 Å². The average molecular weight is 344 g/mol. The van der Waals surface area contributed by atoms with Crippen molar-refractivity contribution in [1.29, 1.82) is 0 Å². The summed E-state index contributed by atoms with van der Waals surface area (Å²) in [4.78, 5) is 11.3. The van der Waals surface area contributed by atoms with Crippen LogP contribution in [0.4, 0.5) is 5.95 Å². The Balaban J connectivity index is 1.75. The fraction of sp³-hybridized carbons (Fsp3) is 0.579. The van der Waals surface area contributed by atoms with Crippen molar-refractivity contribution in [1.82, 2.24) is 14.9 Å². The molecule has 1 aromatic heterocycles. The Morgan fingerprint density at radius 3 is 2.76 bits per heavy atom. The van der Waals surface area contributed by atoms with Crippen LogP contribution >= 0.6 is 0 Å². The molecule has 2 aromatic rings. The van der Waals surface area contributed by atoms with Gasteiger partial charge in [-0.2, -0.15) is 0 Å². The summed E-state index contributed by atoms with van der Waals surface area (Å²) in [5, 5.41) is 14.0. The Labute approximate surface area is 149 Å². The van der Waals surface area contributed by atoms with Gasteiger partial charge in [-0.3, -0.25) is 0 Å². The molecule has 1 fully saturated rings.